The molecule has 0 spiro atoms. The number of nitrogens with zero attached hydrogens (tertiary/aromatic N) is 2. The lowest BCUT2D eigenvalue weighted by Crippen LogP contribution is -2.10. The number of fused-ring (bicyclic) bond motifs is 1. The number of aromatic nitrogens is 2. The van der Waals surface area contributed by atoms with E-state index in [0.717, 1.165) is 30.0 Å². The molecule has 0 saturated heterocycles. The van der Waals surface area contributed by atoms with E-state index in [1.165, 1.54) is 40.3 Å². The molecule has 1 aromatic heterocycles. The number of aryl methyl sites for hydroxylation is 2. The van der Waals surface area contributed by atoms with Crippen LogP contribution in [-0.4, -0.2) is 9.97 Å². The molecule has 1 heterocycles. The van der Waals surface area contributed by atoms with Crippen LogP contribution < -0.4 is 0 Å². The molecule has 0 aliphatic heterocycles. The molecular formula is C22H22N2S. The van der Waals surface area contributed by atoms with Gasteiger partial charge in [-0.2, -0.15) is 0 Å². The van der Waals surface area contributed by atoms with E-state index in [-0.39, 0.29) is 0 Å². The molecule has 25 heavy (non-hydrogen) atoms. The van der Waals surface area contributed by atoms with Gasteiger partial charge in [0.25, 0.3) is 0 Å². The fraction of sp³-hybridized carbons (Fsp3) is 0.273. The molecule has 126 valence electrons. The van der Waals surface area contributed by atoms with E-state index >= 15 is 0 Å². The summed E-state index contributed by atoms with van der Waals surface area (Å²) in [7, 11) is 0. The van der Waals surface area contributed by atoms with Gasteiger partial charge in [-0.3, -0.25) is 0 Å². The molecule has 0 unspecified atom stereocenters. The highest BCUT2D eigenvalue weighted by Crippen LogP contribution is 2.32. The van der Waals surface area contributed by atoms with Crippen LogP contribution in [0.5, 0.6) is 0 Å². The van der Waals surface area contributed by atoms with Crippen molar-refractivity contribution in [3.8, 4) is 11.4 Å². The van der Waals surface area contributed by atoms with E-state index in [4.69, 9.17) is 9.97 Å². The highest BCUT2D eigenvalue weighted by atomic mass is 32.2. The van der Waals surface area contributed by atoms with Gasteiger partial charge >= 0.3 is 0 Å². The molecule has 3 heteroatoms. The van der Waals surface area contributed by atoms with Crippen LogP contribution >= 0.6 is 11.8 Å². The quantitative estimate of drug-likeness (QED) is 0.453. The Morgan fingerprint density at radius 3 is 2.60 bits per heavy atom. The van der Waals surface area contributed by atoms with E-state index in [9.17, 15) is 0 Å². The van der Waals surface area contributed by atoms with E-state index < -0.39 is 0 Å². The van der Waals surface area contributed by atoms with Gasteiger partial charge < -0.3 is 0 Å². The molecular weight excluding hydrogens is 324 g/mol. The van der Waals surface area contributed by atoms with Gasteiger partial charge in [-0.1, -0.05) is 54.1 Å². The first-order chi connectivity index (χ1) is 12.3. The van der Waals surface area contributed by atoms with Crippen molar-refractivity contribution in [1.82, 2.24) is 9.97 Å². The Morgan fingerprint density at radius 1 is 0.920 bits per heavy atom. The molecule has 0 bridgehead atoms. The fourth-order valence-electron chi connectivity index (χ4n) is 3.32. The number of thioether (sulfide) groups is 1. The Bertz CT molecular complexity index is 874. The monoisotopic (exact) mass is 346 g/mol. The minimum atomic E-state index is 0.875. The summed E-state index contributed by atoms with van der Waals surface area (Å²) in [5.74, 6) is 1.83. The summed E-state index contributed by atoms with van der Waals surface area (Å²) in [5, 5.41) is 1.17. The van der Waals surface area contributed by atoms with Crippen molar-refractivity contribution in [1.29, 1.82) is 0 Å². The van der Waals surface area contributed by atoms with E-state index in [1.54, 1.807) is 0 Å². The summed E-state index contributed by atoms with van der Waals surface area (Å²) < 4.78 is 0. The molecule has 4 rings (SSSR count). The molecule has 0 atom stereocenters. The molecule has 1 aliphatic rings. The highest BCUT2D eigenvalue weighted by molar-refractivity contribution is 7.98. The summed E-state index contributed by atoms with van der Waals surface area (Å²) in [6.45, 7) is 2.12. The molecule has 0 amide bonds. The van der Waals surface area contributed by atoms with Crippen molar-refractivity contribution in [2.75, 3.05) is 0 Å². The standard InChI is InChI=1S/C22H22N2S/c1-16-8-7-11-18(14-16)21-23-20-13-6-5-12-19(20)22(24-21)25-15-17-9-3-2-4-10-17/h2-4,7-11,14H,5-6,12-13,15H2,1H3. The van der Waals surface area contributed by atoms with Crippen LogP contribution in [0, 0.1) is 6.92 Å². The molecule has 0 radical (unpaired) electrons. The molecule has 0 N–H and O–H groups in total. The highest BCUT2D eigenvalue weighted by Gasteiger charge is 2.19. The predicted octanol–water partition coefficient (Wildman–Crippen LogP) is 5.62. The Labute approximate surface area is 153 Å². The van der Waals surface area contributed by atoms with Crippen LogP contribution in [-0.2, 0) is 18.6 Å². The summed E-state index contributed by atoms with van der Waals surface area (Å²) in [6.07, 6.45) is 4.68. The van der Waals surface area contributed by atoms with Gasteiger partial charge in [0.15, 0.2) is 5.82 Å². The van der Waals surface area contributed by atoms with E-state index in [2.05, 4.69) is 61.5 Å². The SMILES string of the molecule is Cc1cccc(-c2nc3c(c(SCc4ccccc4)n2)CCCC3)c1. The van der Waals surface area contributed by atoms with Crippen molar-refractivity contribution in [2.24, 2.45) is 0 Å². The average molecular weight is 346 g/mol. The summed E-state index contributed by atoms with van der Waals surface area (Å²) >= 11 is 1.85. The zero-order chi connectivity index (χ0) is 17.1. The van der Waals surface area contributed by atoms with Gasteiger partial charge in [-0.15, -0.1) is 11.8 Å². The second-order valence-electron chi connectivity index (χ2n) is 6.63. The fourth-order valence-corrected chi connectivity index (χ4v) is 4.36. The van der Waals surface area contributed by atoms with Gasteiger partial charge in [0.2, 0.25) is 0 Å². The lowest BCUT2D eigenvalue weighted by molar-refractivity contribution is 0.647. The predicted molar refractivity (Wildman–Crippen MR) is 105 cm³/mol. The topological polar surface area (TPSA) is 25.8 Å². The zero-order valence-corrected chi connectivity index (χ0v) is 15.4. The lowest BCUT2D eigenvalue weighted by atomic mass is 9.97. The average Bonchev–Trinajstić information content (AvgIpc) is 2.67. The third-order valence-electron chi connectivity index (χ3n) is 4.64. The maximum Gasteiger partial charge on any atom is 0.160 e. The normalized spacial score (nSPS) is 13.5. The van der Waals surface area contributed by atoms with Crippen molar-refractivity contribution in [3.05, 3.63) is 77.0 Å². The number of hydrogen-bond acceptors (Lipinski definition) is 3. The van der Waals surface area contributed by atoms with Gasteiger partial charge in [-0.05, 0) is 44.2 Å². The summed E-state index contributed by atoms with van der Waals surface area (Å²) in [6, 6.07) is 19.1. The first kappa shape index (κ1) is 16.3. The summed E-state index contributed by atoms with van der Waals surface area (Å²) in [5.41, 5.74) is 6.34. The maximum absolute atomic E-state index is 4.96. The number of rotatable bonds is 4. The van der Waals surface area contributed by atoms with Crippen LogP contribution in [0.2, 0.25) is 0 Å². The van der Waals surface area contributed by atoms with Gasteiger partial charge in [0.1, 0.15) is 5.03 Å². The molecule has 1 aliphatic carbocycles. The zero-order valence-electron chi connectivity index (χ0n) is 14.5. The second-order valence-corrected chi connectivity index (χ2v) is 7.59. The number of benzene rings is 2. The molecule has 3 aromatic rings. The largest absolute Gasteiger partial charge is 0.233 e. The van der Waals surface area contributed by atoms with E-state index in [1.807, 2.05) is 11.8 Å². The van der Waals surface area contributed by atoms with Crippen LogP contribution in [0.1, 0.15) is 35.2 Å². The maximum atomic E-state index is 4.96. The Kier molecular flexibility index (Phi) is 4.84. The smallest absolute Gasteiger partial charge is 0.160 e. The minimum Gasteiger partial charge on any atom is -0.233 e. The third kappa shape index (κ3) is 3.77. The summed E-state index contributed by atoms with van der Waals surface area (Å²) in [4.78, 5) is 9.88. The van der Waals surface area contributed by atoms with Crippen molar-refractivity contribution >= 4 is 11.8 Å². The Hall–Kier alpha value is -2.13. The van der Waals surface area contributed by atoms with Gasteiger partial charge in [-0.25, -0.2) is 9.97 Å². The first-order valence-electron chi connectivity index (χ1n) is 8.93. The first-order valence-corrected chi connectivity index (χ1v) is 9.92. The van der Waals surface area contributed by atoms with Crippen molar-refractivity contribution in [2.45, 2.75) is 43.4 Å². The van der Waals surface area contributed by atoms with Crippen LogP contribution in [0.4, 0.5) is 0 Å². The van der Waals surface area contributed by atoms with E-state index in [0.29, 0.717) is 0 Å². The van der Waals surface area contributed by atoms with Crippen molar-refractivity contribution in [3.63, 3.8) is 0 Å². The van der Waals surface area contributed by atoms with Crippen molar-refractivity contribution < 1.29 is 0 Å². The van der Waals surface area contributed by atoms with Crippen LogP contribution in [0.25, 0.3) is 11.4 Å². The third-order valence-corrected chi connectivity index (χ3v) is 5.73. The molecule has 2 nitrogen and oxygen atoms in total. The molecule has 0 fully saturated rings. The lowest BCUT2D eigenvalue weighted by Gasteiger charge is -2.19. The Balaban J connectivity index is 1.70. The van der Waals surface area contributed by atoms with Crippen LogP contribution in [0.15, 0.2) is 59.6 Å². The second kappa shape index (κ2) is 7.40. The van der Waals surface area contributed by atoms with Gasteiger partial charge in [0, 0.05) is 22.6 Å². The molecule has 0 saturated carbocycles. The molecule has 2 aromatic carbocycles. The van der Waals surface area contributed by atoms with Crippen LogP contribution in [0.3, 0.4) is 0 Å². The number of hydrogen-bond donors (Lipinski definition) is 0. The Morgan fingerprint density at radius 2 is 1.76 bits per heavy atom. The van der Waals surface area contributed by atoms with Gasteiger partial charge in [0.05, 0.1) is 0 Å². The minimum absolute atomic E-state index is 0.875.